The van der Waals surface area contributed by atoms with E-state index in [1.54, 1.807) is 32.4 Å². The van der Waals surface area contributed by atoms with Gasteiger partial charge in [-0.25, -0.2) is 0 Å². The SMILES string of the molecule is COc1cc2c(cc1OC)[C@H](COc1cc(C)cc(C)c1)N(C(=O)c1ccc(Cl)cc1Cl)CC2. The normalized spacial score (nSPS) is 15.0. The van der Waals surface area contributed by atoms with Gasteiger partial charge in [-0.05, 0) is 85.0 Å². The Bertz CT molecular complexity index is 1210. The molecule has 0 unspecified atom stereocenters. The topological polar surface area (TPSA) is 48.0 Å². The van der Waals surface area contributed by atoms with E-state index < -0.39 is 0 Å². The van der Waals surface area contributed by atoms with Crippen molar-refractivity contribution in [2.75, 3.05) is 27.4 Å². The number of methoxy groups -OCH3 is 2. The van der Waals surface area contributed by atoms with Crippen LogP contribution in [0.25, 0.3) is 0 Å². The van der Waals surface area contributed by atoms with Crippen LogP contribution in [0, 0.1) is 13.8 Å². The number of carbonyl (C=O) groups excluding carboxylic acids is 1. The summed E-state index contributed by atoms with van der Waals surface area (Å²) in [6.45, 7) is 4.86. The highest BCUT2D eigenvalue weighted by molar-refractivity contribution is 6.36. The first kappa shape index (κ1) is 24.2. The lowest BCUT2D eigenvalue weighted by molar-refractivity contribution is 0.0589. The number of halogens is 2. The van der Waals surface area contributed by atoms with Crippen molar-refractivity contribution in [1.82, 2.24) is 4.90 Å². The molecule has 0 saturated carbocycles. The Morgan fingerprint density at radius 3 is 2.29 bits per heavy atom. The van der Waals surface area contributed by atoms with Gasteiger partial charge in [0.2, 0.25) is 0 Å². The number of amides is 1. The van der Waals surface area contributed by atoms with Crippen LogP contribution in [-0.4, -0.2) is 38.2 Å². The fourth-order valence-electron chi connectivity index (χ4n) is 4.46. The Kier molecular flexibility index (Phi) is 7.24. The highest BCUT2D eigenvalue weighted by atomic mass is 35.5. The van der Waals surface area contributed by atoms with Gasteiger partial charge < -0.3 is 19.1 Å². The van der Waals surface area contributed by atoms with E-state index in [1.165, 1.54) is 0 Å². The second-order valence-corrected chi connectivity index (χ2v) is 9.27. The van der Waals surface area contributed by atoms with Crippen molar-refractivity contribution in [3.8, 4) is 17.2 Å². The van der Waals surface area contributed by atoms with Gasteiger partial charge in [-0.2, -0.15) is 0 Å². The lowest BCUT2D eigenvalue weighted by atomic mass is 9.91. The minimum absolute atomic E-state index is 0.170. The summed E-state index contributed by atoms with van der Waals surface area (Å²) in [7, 11) is 3.22. The minimum atomic E-state index is -0.344. The van der Waals surface area contributed by atoms with E-state index in [1.807, 2.05) is 43.0 Å². The molecule has 0 bridgehead atoms. The first-order valence-electron chi connectivity index (χ1n) is 11.0. The van der Waals surface area contributed by atoms with E-state index >= 15 is 0 Å². The average molecular weight is 500 g/mol. The van der Waals surface area contributed by atoms with E-state index in [4.69, 9.17) is 37.4 Å². The van der Waals surface area contributed by atoms with Crippen LogP contribution in [0.1, 0.15) is 38.7 Å². The van der Waals surface area contributed by atoms with Crippen molar-refractivity contribution in [1.29, 1.82) is 0 Å². The predicted octanol–water partition coefficient (Wildman–Crippen LogP) is 6.45. The van der Waals surface area contributed by atoms with Gasteiger partial charge in [0.05, 0.1) is 30.8 Å². The highest BCUT2D eigenvalue weighted by Gasteiger charge is 2.34. The number of rotatable bonds is 6. The molecule has 5 nitrogen and oxygen atoms in total. The van der Waals surface area contributed by atoms with Crippen molar-refractivity contribution in [2.45, 2.75) is 26.3 Å². The summed E-state index contributed by atoms with van der Waals surface area (Å²) in [5.41, 5.74) is 4.70. The summed E-state index contributed by atoms with van der Waals surface area (Å²) in [5, 5.41) is 0.807. The molecular formula is C27H27Cl2NO4. The number of ether oxygens (including phenoxy) is 3. The van der Waals surface area contributed by atoms with Crippen LogP contribution in [0.15, 0.2) is 48.5 Å². The smallest absolute Gasteiger partial charge is 0.256 e. The van der Waals surface area contributed by atoms with Crippen LogP contribution < -0.4 is 14.2 Å². The molecule has 3 aromatic carbocycles. The summed E-state index contributed by atoms with van der Waals surface area (Å²) in [6.07, 6.45) is 0.673. The summed E-state index contributed by atoms with van der Waals surface area (Å²) in [4.78, 5) is 15.4. The molecule has 0 spiro atoms. The monoisotopic (exact) mass is 499 g/mol. The molecule has 178 valence electrons. The van der Waals surface area contributed by atoms with E-state index in [0.717, 1.165) is 28.0 Å². The fourth-order valence-corrected chi connectivity index (χ4v) is 4.95. The Labute approximate surface area is 210 Å². The van der Waals surface area contributed by atoms with Gasteiger partial charge in [-0.1, -0.05) is 29.3 Å². The van der Waals surface area contributed by atoms with Gasteiger partial charge in [-0.3, -0.25) is 4.79 Å². The minimum Gasteiger partial charge on any atom is -0.493 e. The van der Waals surface area contributed by atoms with Crippen LogP contribution in [0.4, 0.5) is 0 Å². The highest BCUT2D eigenvalue weighted by Crippen LogP contribution is 2.39. The molecule has 0 saturated heterocycles. The van der Waals surface area contributed by atoms with Gasteiger partial charge in [0.15, 0.2) is 11.5 Å². The van der Waals surface area contributed by atoms with Crippen LogP contribution >= 0.6 is 23.2 Å². The molecule has 7 heteroatoms. The maximum absolute atomic E-state index is 13.6. The molecule has 0 radical (unpaired) electrons. The Hall–Kier alpha value is -2.89. The molecule has 3 aromatic rings. The molecule has 0 N–H and O–H groups in total. The Morgan fingerprint density at radius 1 is 0.971 bits per heavy atom. The summed E-state index contributed by atoms with van der Waals surface area (Å²) in [5.74, 6) is 1.87. The van der Waals surface area contributed by atoms with Gasteiger partial charge in [0.1, 0.15) is 12.4 Å². The van der Waals surface area contributed by atoms with Crippen molar-refractivity contribution in [3.63, 3.8) is 0 Å². The largest absolute Gasteiger partial charge is 0.493 e. The molecule has 0 aromatic heterocycles. The number of fused-ring (bicyclic) bond motifs is 1. The average Bonchev–Trinajstić information content (AvgIpc) is 2.80. The zero-order chi connectivity index (χ0) is 24.4. The van der Waals surface area contributed by atoms with Crippen molar-refractivity contribution in [3.05, 3.63) is 86.4 Å². The third-order valence-electron chi connectivity index (χ3n) is 6.03. The molecule has 1 heterocycles. The molecule has 1 aliphatic rings. The van der Waals surface area contributed by atoms with Crippen LogP contribution in [0.5, 0.6) is 17.2 Å². The maximum Gasteiger partial charge on any atom is 0.256 e. The standard InChI is InChI=1S/C27H27Cl2NO4/c1-16-9-17(2)11-20(10-16)34-15-24-22-14-26(33-4)25(32-3)12-18(22)7-8-30(24)27(31)21-6-5-19(28)13-23(21)29/h5-6,9-14,24H,7-8,15H2,1-4H3/t24-/m0/s1. The first-order valence-corrected chi connectivity index (χ1v) is 11.8. The third kappa shape index (κ3) is 4.96. The molecule has 1 atom stereocenters. The van der Waals surface area contributed by atoms with Crippen molar-refractivity contribution < 1.29 is 19.0 Å². The molecule has 0 aliphatic carbocycles. The second kappa shape index (κ2) is 10.2. The van der Waals surface area contributed by atoms with E-state index in [9.17, 15) is 4.79 Å². The Morgan fingerprint density at radius 2 is 1.65 bits per heavy atom. The number of hydrogen-bond acceptors (Lipinski definition) is 4. The van der Waals surface area contributed by atoms with Crippen LogP contribution in [0.2, 0.25) is 10.0 Å². The third-order valence-corrected chi connectivity index (χ3v) is 6.58. The van der Waals surface area contributed by atoms with Gasteiger partial charge in [0.25, 0.3) is 5.91 Å². The molecular weight excluding hydrogens is 473 g/mol. The maximum atomic E-state index is 13.6. The van der Waals surface area contributed by atoms with Crippen molar-refractivity contribution in [2.24, 2.45) is 0 Å². The molecule has 1 amide bonds. The first-order chi connectivity index (χ1) is 16.3. The number of aryl methyl sites for hydroxylation is 2. The lowest BCUT2D eigenvalue weighted by Crippen LogP contribution is -2.42. The van der Waals surface area contributed by atoms with Crippen molar-refractivity contribution >= 4 is 29.1 Å². The summed E-state index contributed by atoms with van der Waals surface area (Å²) < 4.78 is 17.3. The van der Waals surface area contributed by atoms with E-state index in [-0.39, 0.29) is 18.6 Å². The van der Waals surface area contributed by atoms with Gasteiger partial charge in [0, 0.05) is 11.6 Å². The predicted molar refractivity (Wildman–Crippen MR) is 135 cm³/mol. The zero-order valence-corrected chi connectivity index (χ0v) is 21.2. The van der Waals surface area contributed by atoms with Crippen LogP contribution in [-0.2, 0) is 6.42 Å². The molecule has 34 heavy (non-hydrogen) atoms. The molecule has 4 rings (SSSR count). The second-order valence-electron chi connectivity index (χ2n) is 8.43. The zero-order valence-electron chi connectivity index (χ0n) is 19.7. The van der Waals surface area contributed by atoms with E-state index in [2.05, 4.69) is 6.07 Å². The van der Waals surface area contributed by atoms with Crippen LogP contribution in [0.3, 0.4) is 0 Å². The van der Waals surface area contributed by atoms with Gasteiger partial charge in [-0.15, -0.1) is 0 Å². The Balaban J connectivity index is 1.73. The quantitative estimate of drug-likeness (QED) is 0.391. The number of nitrogens with zero attached hydrogens (tertiary/aromatic N) is 1. The lowest BCUT2D eigenvalue weighted by Gasteiger charge is -2.38. The number of carbonyl (C=O) groups is 1. The molecule has 0 fully saturated rings. The summed E-state index contributed by atoms with van der Waals surface area (Å²) in [6, 6.07) is 14.6. The fraction of sp³-hybridized carbons (Fsp3) is 0.296. The number of hydrogen-bond donors (Lipinski definition) is 0. The number of benzene rings is 3. The van der Waals surface area contributed by atoms with E-state index in [0.29, 0.717) is 40.1 Å². The molecule has 1 aliphatic heterocycles. The van der Waals surface area contributed by atoms with Gasteiger partial charge >= 0.3 is 0 Å². The summed E-state index contributed by atoms with van der Waals surface area (Å²) >= 11 is 12.4.